The number of nitrogens with zero attached hydrogens (tertiary/aromatic N) is 1. The summed E-state index contributed by atoms with van der Waals surface area (Å²) in [5.41, 5.74) is 0.951. The van der Waals surface area contributed by atoms with Gasteiger partial charge in [0, 0.05) is 16.5 Å². The summed E-state index contributed by atoms with van der Waals surface area (Å²) in [5.74, 6) is -0.389. The van der Waals surface area contributed by atoms with Crippen LogP contribution in [0.5, 0.6) is 0 Å². The number of benzene rings is 1. The highest BCUT2D eigenvalue weighted by Crippen LogP contribution is 2.22. The van der Waals surface area contributed by atoms with Crippen molar-refractivity contribution in [2.75, 3.05) is 0 Å². The van der Waals surface area contributed by atoms with E-state index in [1.807, 2.05) is 6.07 Å². The number of hydrogen-bond acceptors (Lipinski definition) is 2. The normalized spacial score (nSPS) is 9.67. The fourth-order valence-electron chi connectivity index (χ4n) is 1.22. The molecule has 1 aromatic rings. The molecule has 0 aliphatic rings. The monoisotopic (exact) mass is 241 g/mol. The van der Waals surface area contributed by atoms with Gasteiger partial charge in [-0.3, -0.25) is 4.79 Å². The Hall–Kier alpha value is -1.04. The van der Waals surface area contributed by atoms with Crippen molar-refractivity contribution in [1.82, 2.24) is 0 Å². The molecule has 0 fully saturated rings. The first-order valence-corrected chi connectivity index (χ1v) is 5.26. The summed E-state index contributed by atoms with van der Waals surface area (Å²) in [4.78, 5) is 10.7. The number of aryl methyl sites for hydroxylation is 1. The van der Waals surface area contributed by atoms with E-state index in [-0.39, 0.29) is 12.2 Å². The molecule has 0 N–H and O–H groups in total. The third kappa shape index (κ3) is 3.91. The zero-order chi connectivity index (χ0) is 11.3. The first-order chi connectivity index (χ1) is 7.13. The van der Waals surface area contributed by atoms with E-state index in [9.17, 15) is 4.79 Å². The molecule has 1 rings (SSSR count). The number of rotatable bonds is 4. The van der Waals surface area contributed by atoms with Crippen LogP contribution in [-0.2, 0) is 11.2 Å². The molecule has 0 aliphatic carbocycles. The zero-order valence-electron chi connectivity index (χ0n) is 7.96. The van der Waals surface area contributed by atoms with Gasteiger partial charge in [-0.15, -0.1) is 0 Å². The topological polar surface area (TPSA) is 40.9 Å². The van der Waals surface area contributed by atoms with E-state index in [1.165, 1.54) is 0 Å². The van der Waals surface area contributed by atoms with Crippen molar-refractivity contribution < 1.29 is 4.79 Å². The van der Waals surface area contributed by atoms with Crippen molar-refractivity contribution in [2.45, 2.75) is 19.3 Å². The maximum atomic E-state index is 10.7. The number of Topliss-reactive ketones (excluding diaryl/α,β-unsaturated/α-hetero) is 1. The van der Waals surface area contributed by atoms with Gasteiger partial charge in [0.15, 0.2) is 0 Å². The Morgan fingerprint density at radius 3 is 2.73 bits per heavy atom. The Labute approximate surface area is 98.4 Å². The molecule has 0 spiro atoms. The highest BCUT2D eigenvalue weighted by Gasteiger charge is 2.03. The lowest BCUT2D eigenvalue weighted by Crippen LogP contribution is -1.95. The molecule has 15 heavy (non-hydrogen) atoms. The van der Waals surface area contributed by atoms with E-state index >= 15 is 0 Å². The lowest BCUT2D eigenvalue weighted by Gasteiger charge is -2.02. The molecule has 0 saturated carbocycles. The van der Waals surface area contributed by atoms with Gasteiger partial charge in [-0.05, 0) is 30.5 Å². The van der Waals surface area contributed by atoms with Gasteiger partial charge in [0.05, 0.1) is 0 Å². The molecule has 0 atom stereocenters. The largest absolute Gasteiger partial charge is 0.283 e. The Bertz CT molecular complexity index is 410. The minimum absolute atomic E-state index is 0.273. The molecule has 78 valence electrons. The molecular weight excluding hydrogens is 233 g/mol. The average Bonchev–Trinajstić information content (AvgIpc) is 2.21. The predicted octanol–water partition coefficient (Wildman–Crippen LogP) is 3.41. The number of nitriles is 1. The van der Waals surface area contributed by atoms with Crippen molar-refractivity contribution in [3.05, 3.63) is 33.8 Å². The van der Waals surface area contributed by atoms with Gasteiger partial charge in [0.25, 0.3) is 0 Å². The van der Waals surface area contributed by atoms with E-state index in [0.717, 1.165) is 5.56 Å². The number of carbonyl (C=O) groups excluding carboxylic acids is 1. The molecule has 4 heteroatoms. The summed E-state index contributed by atoms with van der Waals surface area (Å²) in [6.45, 7) is 0. The lowest BCUT2D eigenvalue weighted by atomic mass is 10.1. The molecule has 0 bridgehead atoms. The van der Waals surface area contributed by atoms with Crippen LogP contribution in [0.4, 0.5) is 0 Å². The Balaban J connectivity index is 2.52. The van der Waals surface area contributed by atoms with E-state index in [2.05, 4.69) is 0 Å². The second kappa shape index (κ2) is 5.75. The number of halogens is 2. The minimum Gasteiger partial charge on any atom is -0.283 e. The van der Waals surface area contributed by atoms with Gasteiger partial charge in [-0.2, -0.15) is 5.26 Å². The molecule has 0 unspecified atom stereocenters. The van der Waals surface area contributed by atoms with Crippen LogP contribution in [0.1, 0.15) is 18.4 Å². The van der Waals surface area contributed by atoms with E-state index in [0.29, 0.717) is 22.9 Å². The highest BCUT2D eigenvalue weighted by molar-refractivity contribution is 6.35. The summed E-state index contributed by atoms with van der Waals surface area (Å²) in [6.07, 6.45) is 1.59. The van der Waals surface area contributed by atoms with Crippen LogP contribution in [-0.4, -0.2) is 5.78 Å². The fraction of sp³-hybridized carbons (Fsp3) is 0.273. The third-order valence-electron chi connectivity index (χ3n) is 1.99. The van der Waals surface area contributed by atoms with E-state index < -0.39 is 0 Å². The molecule has 1 aromatic carbocycles. The molecule has 0 aromatic heterocycles. The standard InChI is InChI=1S/C11H9Cl2NO/c12-9-5-4-8(11(13)6-9)2-1-3-10(15)7-14/h4-6H,1-3H2. The van der Waals surface area contributed by atoms with Crippen molar-refractivity contribution in [3.63, 3.8) is 0 Å². The van der Waals surface area contributed by atoms with Gasteiger partial charge < -0.3 is 0 Å². The summed E-state index contributed by atoms with van der Waals surface area (Å²) < 4.78 is 0. The van der Waals surface area contributed by atoms with Crippen molar-refractivity contribution in [2.24, 2.45) is 0 Å². The number of ketones is 1. The molecule has 0 amide bonds. The van der Waals surface area contributed by atoms with Crippen LogP contribution in [0.2, 0.25) is 10.0 Å². The van der Waals surface area contributed by atoms with Crippen molar-refractivity contribution in [3.8, 4) is 6.07 Å². The Kier molecular flexibility index (Phi) is 4.61. The van der Waals surface area contributed by atoms with Gasteiger partial charge in [-0.25, -0.2) is 0 Å². The Morgan fingerprint density at radius 2 is 2.13 bits per heavy atom. The van der Waals surface area contributed by atoms with Gasteiger partial charge in [0.1, 0.15) is 6.07 Å². The second-order valence-electron chi connectivity index (χ2n) is 3.12. The molecular formula is C11H9Cl2NO. The molecule has 0 saturated heterocycles. The van der Waals surface area contributed by atoms with Crippen LogP contribution < -0.4 is 0 Å². The number of carbonyl (C=O) groups is 1. The van der Waals surface area contributed by atoms with Crippen LogP contribution in [0, 0.1) is 11.3 Å². The fourth-order valence-corrected chi connectivity index (χ4v) is 1.72. The average molecular weight is 242 g/mol. The maximum absolute atomic E-state index is 10.7. The number of hydrogen-bond donors (Lipinski definition) is 0. The van der Waals surface area contributed by atoms with Crippen LogP contribution in [0.25, 0.3) is 0 Å². The molecule has 0 radical (unpaired) electrons. The SMILES string of the molecule is N#CC(=O)CCCc1ccc(Cl)cc1Cl. The first-order valence-electron chi connectivity index (χ1n) is 4.50. The minimum atomic E-state index is -0.389. The van der Waals surface area contributed by atoms with Crippen LogP contribution in [0.3, 0.4) is 0 Å². The molecule has 0 heterocycles. The first kappa shape index (κ1) is 12.0. The zero-order valence-corrected chi connectivity index (χ0v) is 9.48. The van der Waals surface area contributed by atoms with Gasteiger partial charge in [0.2, 0.25) is 5.78 Å². The summed E-state index contributed by atoms with van der Waals surface area (Å²) in [5, 5.41) is 9.48. The third-order valence-corrected chi connectivity index (χ3v) is 2.58. The van der Waals surface area contributed by atoms with E-state index in [4.69, 9.17) is 28.5 Å². The van der Waals surface area contributed by atoms with Crippen molar-refractivity contribution in [1.29, 1.82) is 5.26 Å². The van der Waals surface area contributed by atoms with Crippen LogP contribution >= 0.6 is 23.2 Å². The van der Waals surface area contributed by atoms with E-state index in [1.54, 1.807) is 18.2 Å². The maximum Gasteiger partial charge on any atom is 0.231 e. The molecule has 2 nitrogen and oxygen atoms in total. The smallest absolute Gasteiger partial charge is 0.231 e. The van der Waals surface area contributed by atoms with Crippen molar-refractivity contribution >= 4 is 29.0 Å². The summed E-state index contributed by atoms with van der Waals surface area (Å²) in [6, 6.07) is 6.85. The quantitative estimate of drug-likeness (QED) is 0.759. The highest BCUT2D eigenvalue weighted by atomic mass is 35.5. The second-order valence-corrected chi connectivity index (χ2v) is 3.97. The molecule has 0 aliphatic heterocycles. The Morgan fingerprint density at radius 1 is 1.40 bits per heavy atom. The summed E-state index contributed by atoms with van der Waals surface area (Å²) >= 11 is 11.7. The van der Waals surface area contributed by atoms with Gasteiger partial charge in [-0.1, -0.05) is 29.3 Å². The van der Waals surface area contributed by atoms with Crippen LogP contribution in [0.15, 0.2) is 18.2 Å². The lowest BCUT2D eigenvalue weighted by molar-refractivity contribution is -0.114. The van der Waals surface area contributed by atoms with Gasteiger partial charge >= 0.3 is 0 Å². The summed E-state index contributed by atoms with van der Waals surface area (Å²) in [7, 11) is 0. The predicted molar refractivity (Wildman–Crippen MR) is 60.0 cm³/mol.